The van der Waals surface area contributed by atoms with Gasteiger partial charge in [0, 0.05) is 19.3 Å². The summed E-state index contributed by atoms with van der Waals surface area (Å²) in [5, 5.41) is 58.3. The molecular formula is C114H94F12N12O10. The molecule has 754 valence electrons. The molecular weight excluding hydrogens is 1930 g/mol. The number of alkyl halides is 12. The van der Waals surface area contributed by atoms with E-state index in [0.717, 1.165) is 120 Å². The number of para-hydroxylation sites is 2. The molecule has 34 heteroatoms. The molecule has 0 aliphatic carbocycles. The van der Waals surface area contributed by atoms with Crippen molar-refractivity contribution >= 4 is 89.9 Å². The largest absolute Gasteiger partial charge is 0.476 e. The molecule has 0 radical (unpaired) electrons. The second-order valence-electron chi connectivity index (χ2n) is 35.0. The first-order valence-corrected chi connectivity index (χ1v) is 46.0. The number of aryl methyl sites for hydroxylation is 7. The monoisotopic (exact) mass is 2020 g/mol. The highest BCUT2D eigenvalue weighted by molar-refractivity contribution is 6.12. The van der Waals surface area contributed by atoms with E-state index < -0.39 is 58.9 Å². The minimum atomic E-state index is -4.50. The average Bonchev–Trinajstić information content (AvgIpc) is 1.53. The number of ether oxygens (including phenoxy) is 2. The zero-order chi connectivity index (χ0) is 106. The van der Waals surface area contributed by atoms with Gasteiger partial charge in [-0.05, 0) is 257 Å². The van der Waals surface area contributed by atoms with Gasteiger partial charge in [-0.25, -0.2) is 9.59 Å². The first-order chi connectivity index (χ1) is 70.5. The number of benzene rings is 14. The Labute approximate surface area is 840 Å². The van der Waals surface area contributed by atoms with Crippen molar-refractivity contribution in [2.75, 3.05) is 21.7 Å². The van der Waals surface area contributed by atoms with E-state index >= 15 is 0 Å². The van der Waals surface area contributed by atoms with Gasteiger partial charge in [0.1, 0.15) is 40.1 Å². The normalized spacial score (nSPS) is 12.1. The van der Waals surface area contributed by atoms with Crippen LogP contribution in [0.2, 0.25) is 0 Å². The van der Waals surface area contributed by atoms with Crippen molar-refractivity contribution in [1.82, 2.24) is 20.6 Å². The molecule has 0 bridgehead atoms. The molecule has 18 aromatic rings. The summed E-state index contributed by atoms with van der Waals surface area (Å²) in [7, 11) is 0. The third-order valence-electron chi connectivity index (χ3n) is 23.4. The molecule has 0 amide bonds. The molecule has 0 saturated carbocycles. The first kappa shape index (κ1) is 105. The van der Waals surface area contributed by atoms with Gasteiger partial charge < -0.3 is 37.8 Å². The number of fused-ring (bicyclic) bond motifs is 3. The lowest BCUT2D eigenvalue weighted by Gasteiger charge is -2.14. The molecule has 0 atom stereocenters. The maximum atomic E-state index is 13.5. The van der Waals surface area contributed by atoms with Gasteiger partial charge in [0.05, 0.1) is 101 Å². The fourth-order valence-corrected chi connectivity index (χ4v) is 16.5. The van der Waals surface area contributed by atoms with Crippen LogP contribution in [-0.2, 0) is 44.0 Å². The van der Waals surface area contributed by atoms with Crippen molar-refractivity contribution in [3.8, 4) is 45.5 Å². The fraction of sp³-hybridized carbons (Fsp3) is 0.158. The standard InChI is InChI=1S/C37H30F3N3O2.C30H24F3N3O2.C25H20F3N3O3.C22H20F3N3O3/c1-23-13-15-26(16-14-23)21-33-34(25(3)41-42-29-20-24(2)19-28(22-29)37(38,39)40)36(43-45-33)35-31-12-8-7-9-27(31)17-18-32(35)44-30-10-5-4-6-11-30;1-18-15-22(30(31,32)33)17-23(16-18)35-34-19(2)27-20(3)38-36-29(27)28-25-12-8-7-9-21(25)13-14-26(28)37-24-10-5-4-6-11-24;1-14-9-19(25(26,27)28)13-20(10-14)30-29-15(2)22-21(34-31-23(22)24(32)33)12-16-7-8-17-5-3-4-6-18(17)11-16;1-12-4-6-15(7-5-12)10-18-19(20(21(29)30)28-31-18)14(3)26-27-17-9-13(2)8-16(11-17)22(23,24)25/h4-20,22,42H,21H2,1-3H3;4-17,35H,1-3H3;3-11,13,30H,12H2,1-2H3,(H,32,33);4-9,11,27H,10H2,1-3H3,(H,29,30)/b41-25+;34-19+;29-15+;26-14+. The molecule has 6 N–H and O–H groups in total. The lowest BCUT2D eigenvalue weighted by Crippen LogP contribution is -2.10. The van der Waals surface area contributed by atoms with Crippen LogP contribution in [0.5, 0.6) is 23.0 Å². The van der Waals surface area contributed by atoms with Gasteiger partial charge in [-0.3, -0.25) is 21.7 Å². The maximum absolute atomic E-state index is 13.5. The lowest BCUT2D eigenvalue weighted by molar-refractivity contribution is -0.138. The first-order valence-electron chi connectivity index (χ1n) is 46.0. The molecule has 14 aromatic carbocycles. The Morgan fingerprint density at radius 3 is 0.973 bits per heavy atom. The van der Waals surface area contributed by atoms with Crippen LogP contribution in [-0.4, -0.2) is 65.6 Å². The molecule has 4 aromatic heterocycles. The van der Waals surface area contributed by atoms with Crippen LogP contribution in [0, 0.1) is 48.5 Å². The summed E-state index contributed by atoms with van der Waals surface area (Å²) in [6.07, 6.45) is -17.0. The minimum Gasteiger partial charge on any atom is -0.476 e. The van der Waals surface area contributed by atoms with Crippen molar-refractivity contribution < 1.29 is 100 Å². The molecule has 0 aliphatic heterocycles. The zero-order valence-corrected chi connectivity index (χ0v) is 81.2. The maximum Gasteiger partial charge on any atom is 0.416 e. The average molecular weight is 2020 g/mol. The van der Waals surface area contributed by atoms with Crippen molar-refractivity contribution in [2.24, 2.45) is 20.4 Å². The summed E-state index contributed by atoms with van der Waals surface area (Å²) < 4.78 is 194. The summed E-state index contributed by atoms with van der Waals surface area (Å²) in [6.45, 7) is 18.6. The Bertz CT molecular complexity index is 8030. The van der Waals surface area contributed by atoms with Gasteiger partial charge in [-0.1, -0.05) is 220 Å². The van der Waals surface area contributed by atoms with E-state index in [9.17, 15) is 72.5 Å². The van der Waals surface area contributed by atoms with Crippen molar-refractivity contribution in [2.45, 2.75) is 120 Å². The van der Waals surface area contributed by atoms with Crippen LogP contribution < -0.4 is 31.2 Å². The summed E-state index contributed by atoms with van der Waals surface area (Å²) in [5.74, 6) is 1.55. The Hall–Kier alpha value is -17.7. The van der Waals surface area contributed by atoms with Crippen LogP contribution in [0.3, 0.4) is 0 Å². The summed E-state index contributed by atoms with van der Waals surface area (Å²) >= 11 is 0. The Kier molecular flexibility index (Phi) is 31.8. The van der Waals surface area contributed by atoms with E-state index in [0.29, 0.717) is 103 Å². The van der Waals surface area contributed by atoms with Crippen molar-refractivity contribution in [3.05, 3.63) is 426 Å². The number of aromatic carboxylic acids is 2. The van der Waals surface area contributed by atoms with E-state index in [1.807, 2.05) is 238 Å². The number of carboxylic acid groups (broad SMARTS) is 2. The number of nitrogens with zero attached hydrogens (tertiary/aromatic N) is 8. The molecule has 4 heterocycles. The predicted octanol–water partition coefficient (Wildman–Crippen LogP) is 30.8. The molecule has 0 spiro atoms. The number of hydrogen-bond donors (Lipinski definition) is 6. The van der Waals surface area contributed by atoms with Crippen LogP contribution in [0.4, 0.5) is 75.4 Å². The molecule has 0 unspecified atom stereocenters. The fourth-order valence-electron chi connectivity index (χ4n) is 16.5. The van der Waals surface area contributed by atoms with Crippen LogP contribution in [0.15, 0.2) is 336 Å². The molecule has 0 saturated heterocycles. The number of rotatable bonds is 26. The highest BCUT2D eigenvalue weighted by Crippen LogP contribution is 2.46. The minimum absolute atomic E-state index is 0.121. The number of anilines is 4. The molecule has 148 heavy (non-hydrogen) atoms. The molecule has 18 rings (SSSR count). The number of hydrogen-bond acceptors (Lipinski definition) is 20. The number of halogens is 12. The molecule has 22 nitrogen and oxygen atoms in total. The smallest absolute Gasteiger partial charge is 0.416 e. The number of aromatic nitrogens is 4. The molecule has 0 fully saturated rings. The quantitative estimate of drug-likeness (QED) is 0.0167. The van der Waals surface area contributed by atoms with Gasteiger partial charge in [-0.15, -0.1) is 0 Å². The van der Waals surface area contributed by atoms with Gasteiger partial charge in [0.15, 0.2) is 17.3 Å². The van der Waals surface area contributed by atoms with Crippen molar-refractivity contribution in [1.29, 1.82) is 0 Å². The number of hydrazone groups is 4. The highest BCUT2D eigenvalue weighted by atomic mass is 19.4. The van der Waals surface area contributed by atoms with E-state index in [1.54, 1.807) is 60.6 Å². The topological polar surface area (TPSA) is 295 Å². The van der Waals surface area contributed by atoms with E-state index in [2.05, 4.69) is 62.7 Å². The van der Waals surface area contributed by atoms with Gasteiger partial charge in [0.2, 0.25) is 11.4 Å². The summed E-state index contributed by atoms with van der Waals surface area (Å²) in [4.78, 5) is 23.3. The second kappa shape index (κ2) is 45.1. The number of carboxylic acids is 2. The van der Waals surface area contributed by atoms with Gasteiger partial charge in [-0.2, -0.15) is 73.1 Å². The lowest BCUT2D eigenvalue weighted by atomic mass is 9.95. The van der Waals surface area contributed by atoms with E-state index in [1.165, 1.54) is 26.0 Å². The summed E-state index contributed by atoms with van der Waals surface area (Å²) in [6, 6.07) is 86.2. The van der Waals surface area contributed by atoms with Gasteiger partial charge >= 0.3 is 36.6 Å². The third-order valence-corrected chi connectivity index (χ3v) is 23.4. The Balaban J connectivity index is 0.000000149. The number of carbonyl (C=O) groups is 2. The second-order valence-corrected chi connectivity index (χ2v) is 35.0. The van der Waals surface area contributed by atoms with Crippen LogP contribution in [0.25, 0.3) is 54.8 Å². The molecule has 0 aliphatic rings. The third kappa shape index (κ3) is 26.1. The van der Waals surface area contributed by atoms with Gasteiger partial charge in [0.25, 0.3) is 0 Å². The highest BCUT2D eigenvalue weighted by Gasteiger charge is 2.37. The van der Waals surface area contributed by atoms with Crippen LogP contribution in [0.1, 0.15) is 166 Å². The Morgan fingerprint density at radius 1 is 0.304 bits per heavy atom. The van der Waals surface area contributed by atoms with E-state index in [-0.39, 0.29) is 75.3 Å². The Morgan fingerprint density at radius 2 is 0.601 bits per heavy atom. The summed E-state index contributed by atoms with van der Waals surface area (Å²) in [5.41, 5.74) is 20.0. The van der Waals surface area contributed by atoms with E-state index in [4.69, 9.17) is 27.6 Å². The van der Waals surface area contributed by atoms with Crippen LogP contribution >= 0.6 is 0 Å². The zero-order valence-electron chi connectivity index (χ0n) is 81.2. The van der Waals surface area contributed by atoms with Crippen molar-refractivity contribution in [3.63, 3.8) is 0 Å². The number of nitrogens with one attached hydrogen (secondary N) is 4. The SMILES string of the molecule is C/C(=N\Nc1cc(C)cc(C(F)(F)F)c1)c1c(-c2c(Oc3ccccc3)ccc3ccccc23)noc1C.C/C(=N\Nc1cc(C)cc(C(F)(F)F)c1)c1c(-c2c(Oc3ccccc3)ccc3ccccc23)noc1Cc1ccc(C)cc1.C/C(=N\Nc1cc(C)cc(C(F)(F)F)c1)c1c(C(=O)O)noc1Cc1ccc(C)cc1.C/C(=N\Nc1cc(C)cc(C(F)(F)F)c1)c1c(C(=O)O)noc1Cc1ccc2ccccc2c1. The predicted molar refractivity (Wildman–Crippen MR) is 546 cm³/mol.